The molecule has 3 N–H and O–H groups in total. The van der Waals surface area contributed by atoms with Gasteiger partial charge in [-0.1, -0.05) is 6.92 Å². The molecule has 0 aliphatic heterocycles. The molecule has 1 aliphatic rings. The molecule has 0 saturated carbocycles. The van der Waals surface area contributed by atoms with Crippen molar-refractivity contribution in [3.05, 3.63) is 40.2 Å². The minimum atomic E-state index is -0.341. The smallest absolute Gasteiger partial charge is 0.341 e. The van der Waals surface area contributed by atoms with E-state index in [0.717, 1.165) is 30.6 Å². The summed E-state index contributed by atoms with van der Waals surface area (Å²) in [7, 11) is 0. The maximum atomic E-state index is 12.7. The van der Waals surface area contributed by atoms with Gasteiger partial charge in [0.1, 0.15) is 11.5 Å². The van der Waals surface area contributed by atoms with Crippen molar-refractivity contribution < 1.29 is 24.1 Å². The second kappa shape index (κ2) is 8.71. The van der Waals surface area contributed by atoms with Gasteiger partial charge in [-0.05, 0) is 56.7 Å². The number of ether oxygens (including phenoxy) is 1. The molecule has 7 heteroatoms. The number of fused-ring (bicyclic) bond motifs is 1. The molecule has 2 aromatic rings. The molecule has 146 valence electrons. The summed E-state index contributed by atoms with van der Waals surface area (Å²) in [6.07, 6.45) is 4.48. The van der Waals surface area contributed by atoms with Gasteiger partial charge in [0.05, 0.1) is 18.4 Å². The highest BCUT2D eigenvalue weighted by Gasteiger charge is 2.30. The zero-order valence-corrected chi connectivity index (χ0v) is 16.9. The molecule has 2 aromatic heterocycles. The van der Waals surface area contributed by atoms with Crippen LogP contribution in [-0.4, -0.2) is 24.5 Å². The number of furan rings is 1. The third-order valence-corrected chi connectivity index (χ3v) is 6.06. The Balaban J connectivity index is 1.74. The van der Waals surface area contributed by atoms with Crippen LogP contribution in [0.5, 0.6) is 0 Å². The van der Waals surface area contributed by atoms with Gasteiger partial charge in [0.25, 0.3) is 5.91 Å². The maximum absolute atomic E-state index is 12.7. The van der Waals surface area contributed by atoms with E-state index in [2.05, 4.69) is 12.2 Å². The van der Waals surface area contributed by atoms with E-state index in [9.17, 15) is 9.59 Å². The number of nitrogens with two attached hydrogens (primary N) is 1. The molecule has 0 radical (unpaired) electrons. The molecule has 3 rings (SSSR count). The molecule has 0 saturated heterocycles. The van der Waals surface area contributed by atoms with E-state index in [1.165, 1.54) is 16.2 Å². The molecule has 0 bridgehead atoms. The molecule has 27 heavy (non-hydrogen) atoms. The lowest BCUT2D eigenvalue weighted by molar-refractivity contribution is -0.690. The van der Waals surface area contributed by atoms with Crippen LogP contribution in [0, 0.1) is 5.92 Å². The largest absolute Gasteiger partial charge is 0.463 e. The predicted molar refractivity (Wildman–Crippen MR) is 104 cm³/mol. The third-order valence-electron chi connectivity index (χ3n) is 4.89. The van der Waals surface area contributed by atoms with Gasteiger partial charge in [-0.2, -0.15) is 0 Å². The number of anilines is 1. The molecule has 0 fully saturated rings. The highest BCUT2D eigenvalue weighted by molar-refractivity contribution is 7.17. The third kappa shape index (κ3) is 4.59. The Kier molecular flexibility index (Phi) is 6.34. The first-order valence-corrected chi connectivity index (χ1v) is 10.3. The number of esters is 1. The number of nitrogens with one attached hydrogen (secondary N) is 1. The molecule has 6 nitrogen and oxygen atoms in total. The lowest BCUT2D eigenvalue weighted by Gasteiger charge is -2.18. The van der Waals surface area contributed by atoms with Crippen LogP contribution in [0.25, 0.3) is 0 Å². The lowest BCUT2D eigenvalue weighted by Crippen LogP contribution is -2.90. The zero-order chi connectivity index (χ0) is 19.4. The first-order valence-electron chi connectivity index (χ1n) is 9.47. The fourth-order valence-electron chi connectivity index (χ4n) is 3.31. The van der Waals surface area contributed by atoms with E-state index in [4.69, 9.17) is 9.15 Å². The number of thiophene rings is 1. The Morgan fingerprint density at radius 1 is 1.48 bits per heavy atom. The second-order valence-electron chi connectivity index (χ2n) is 7.07. The zero-order valence-electron chi connectivity index (χ0n) is 16.0. The number of carbonyl (C=O) groups is 2. The Morgan fingerprint density at radius 3 is 3.00 bits per heavy atom. The Hall–Kier alpha value is -2.12. The van der Waals surface area contributed by atoms with Crippen molar-refractivity contribution in [1.82, 2.24) is 0 Å². The Labute approximate surface area is 163 Å². The summed E-state index contributed by atoms with van der Waals surface area (Å²) < 4.78 is 10.6. The van der Waals surface area contributed by atoms with Crippen LogP contribution in [0.4, 0.5) is 5.00 Å². The molecule has 1 amide bonds. The molecule has 0 spiro atoms. The standard InChI is InChI=1S/C20H26N2O4S/c1-4-25-20(24)17-15-8-7-12(2)10-16(15)27-19(17)22-18(23)13(3)21-11-14-6-5-9-26-14/h5-6,9,12-13,21H,4,7-8,10-11H2,1-3H3,(H,22,23)/p+1/t12-,13-/m1/s1. The summed E-state index contributed by atoms with van der Waals surface area (Å²) in [5.74, 6) is 0.948. The number of rotatable bonds is 7. The number of hydrogen-bond acceptors (Lipinski definition) is 5. The highest BCUT2D eigenvalue weighted by Crippen LogP contribution is 2.40. The van der Waals surface area contributed by atoms with E-state index in [1.54, 1.807) is 13.2 Å². The van der Waals surface area contributed by atoms with Crippen LogP contribution in [0.3, 0.4) is 0 Å². The minimum absolute atomic E-state index is 0.126. The Bertz CT molecular complexity index is 797. The van der Waals surface area contributed by atoms with Crippen LogP contribution in [0.2, 0.25) is 0 Å². The van der Waals surface area contributed by atoms with Crippen LogP contribution in [-0.2, 0) is 28.9 Å². The van der Waals surface area contributed by atoms with Crippen LogP contribution in [0.1, 0.15) is 53.8 Å². The topological polar surface area (TPSA) is 85.1 Å². The average molecular weight is 392 g/mol. The van der Waals surface area contributed by atoms with Gasteiger partial charge in [0, 0.05) is 4.88 Å². The molecule has 2 heterocycles. The van der Waals surface area contributed by atoms with E-state index in [-0.39, 0.29) is 17.9 Å². The normalized spacial score (nSPS) is 17.2. The second-order valence-corrected chi connectivity index (χ2v) is 8.18. The van der Waals surface area contributed by atoms with Gasteiger partial charge in [0.15, 0.2) is 11.8 Å². The van der Waals surface area contributed by atoms with Crippen molar-refractivity contribution in [1.29, 1.82) is 0 Å². The quantitative estimate of drug-likeness (QED) is 0.711. The summed E-state index contributed by atoms with van der Waals surface area (Å²) in [5, 5.41) is 5.50. The molecular formula is C20H27N2O4S+. The van der Waals surface area contributed by atoms with Gasteiger partial charge < -0.3 is 19.8 Å². The molecule has 0 aromatic carbocycles. The van der Waals surface area contributed by atoms with Crippen molar-refractivity contribution >= 4 is 28.2 Å². The van der Waals surface area contributed by atoms with Gasteiger partial charge in [-0.3, -0.25) is 4.79 Å². The number of amides is 1. The van der Waals surface area contributed by atoms with Gasteiger partial charge in [-0.25, -0.2) is 4.79 Å². The van der Waals surface area contributed by atoms with Crippen LogP contribution >= 0.6 is 11.3 Å². The SMILES string of the molecule is CCOC(=O)c1c(NC(=O)[C@@H](C)[NH2+]Cc2ccco2)sc2c1CC[C@@H](C)C2. The van der Waals surface area contributed by atoms with E-state index in [1.807, 2.05) is 24.4 Å². The van der Waals surface area contributed by atoms with Gasteiger partial charge in [-0.15, -0.1) is 11.3 Å². The predicted octanol–water partition coefficient (Wildman–Crippen LogP) is 2.73. The molecule has 2 atom stereocenters. The Morgan fingerprint density at radius 2 is 2.30 bits per heavy atom. The number of hydrogen-bond donors (Lipinski definition) is 2. The summed E-state index contributed by atoms with van der Waals surface area (Å²) >= 11 is 1.52. The fraction of sp³-hybridized carbons (Fsp3) is 0.500. The summed E-state index contributed by atoms with van der Waals surface area (Å²) in [6, 6.07) is 3.41. The van der Waals surface area contributed by atoms with Crippen LogP contribution in [0.15, 0.2) is 22.8 Å². The first-order chi connectivity index (χ1) is 13.0. The number of quaternary nitrogens is 1. The lowest BCUT2D eigenvalue weighted by atomic mass is 9.88. The van der Waals surface area contributed by atoms with Crippen molar-refractivity contribution in [2.24, 2.45) is 5.92 Å². The monoisotopic (exact) mass is 391 g/mol. The van der Waals surface area contributed by atoms with Crippen molar-refractivity contribution in [3.63, 3.8) is 0 Å². The highest BCUT2D eigenvalue weighted by atomic mass is 32.1. The fourth-order valence-corrected chi connectivity index (χ4v) is 4.71. The molecule has 1 aliphatic carbocycles. The maximum Gasteiger partial charge on any atom is 0.341 e. The van der Waals surface area contributed by atoms with Crippen molar-refractivity contribution in [3.8, 4) is 0 Å². The van der Waals surface area contributed by atoms with Crippen molar-refractivity contribution in [2.75, 3.05) is 11.9 Å². The van der Waals surface area contributed by atoms with Gasteiger partial charge in [0.2, 0.25) is 0 Å². The summed E-state index contributed by atoms with van der Waals surface area (Å²) in [4.78, 5) is 26.4. The first kappa shape index (κ1) is 19.6. The van der Waals surface area contributed by atoms with E-state index < -0.39 is 0 Å². The van der Waals surface area contributed by atoms with Crippen LogP contribution < -0.4 is 10.6 Å². The van der Waals surface area contributed by atoms with Crippen molar-refractivity contribution in [2.45, 2.75) is 52.6 Å². The van der Waals surface area contributed by atoms with E-state index in [0.29, 0.717) is 29.6 Å². The van der Waals surface area contributed by atoms with Gasteiger partial charge >= 0.3 is 5.97 Å². The molecule has 0 unspecified atom stereocenters. The molecular weight excluding hydrogens is 364 g/mol. The summed E-state index contributed by atoms with van der Waals surface area (Å²) in [6.45, 7) is 6.77. The minimum Gasteiger partial charge on any atom is -0.463 e. The average Bonchev–Trinajstić information content (AvgIpc) is 3.26. The summed E-state index contributed by atoms with van der Waals surface area (Å²) in [5.41, 5.74) is 1.61. The van der Waals surface area contributed by atoms with E-state index >= 15 is 0 Å². The number of carbonyl (C=O) groups excluding carboxylic acids is 2.